The Kier molecular flexibility index (Phi) is 5.84. The fourth-order valence-corrected chi connectivity index (χ4v) is 3.43. The lowest BCUT2D eigenvalue weighted by Crippen LogP contribution is -2.42. The summed E-state index contributed by atoms with van der Waals surface area (Å²) in [6.07, 6.45) is 6.26. The zero-order chi connectivity index (χ0) is 16.9. The van der Waals surface area contributed by atoms with Crippen molar-refractivity contribution in [3.05, 3.63) is 12.0 Å². The zero-order valence-electron chi connectivity index (χ0n) is 14.7. The molecule has 0 radical (unpaired) electrons. The maximum absolute atomic E-state index is 13.8. The van der Waals surface area contributed by atoms with Gasteiger partial charge in [-0.3, -0.25) is 0 Å². The first kappa shape index (κ1) is 17.4. The average Bonchev–Trinajstić information content (AvgIpc) is 2.81. The molecule has 1 atom stereocenters. The van der Waals surface area contributed by atoms with E-state index in [-0.39, 0.29) is 11.9 Å². The van der Waals surface area contributed by atoms with Crippen LogP contribution in [-0.2, 0) is 4.74 Å². The van der Waals surface area contributed by atoms with Crippen LogP contribution < -0.4 is 9.80 Å². The molecule has 6 nitrogen and oxygen atoms in total. The van der Waals surface area contributed by atoms with Crippen LogP contribution in [0.15, 0.2) is 6.20 Å². The van der Waals surface area contributed by atoms with Gasteiger partial charge in [0.15, 0.2) is 11.6 Å². The van der Waals surface area contributed by atoms with Crippen LogP contribution in [0.3, 0.4) is 0 Å². The van der Waals surface area contributed by atoms with Crippen LogP contribution in [0.5, 0.6) is 0 Å². The quantitative estimate of drug-likeness (QED) is 0.834. The van der Waals surface area contributed by atoms with Crippen LogP contribution in [0.2, 0.25) is 0 Å². The SMILES string of the molecule is CN(C)c1nc(N2CCCOC(CN3CCCCC3)C2)ncc1F. The predicted octanol–water partition coefficient (Wildman–Crippen LogP) is 1.76. The maximum Gasteiger partial charge on any atom is 0.227 e. The Balaban J connectivity index is 1.69. The van der Waals surface area contributed by atoms with Crippen molar-refractivity contribution < 1.29 is 9.13 Å². The molecule has 3 heterocycles. The van der Waals surface area contributed by atoms with E-state index in [1.807, 2.05) is 0 Å². The van der Waals surface area contributed by atoms with Gasteiger partial charge in [-0.15, -0.1) is 0 Å². The number of ether oxygens (including phenoxy) is 1. The Labute approximate surface area is 143 Å². The second kappa shape index (κ2) is 8.07. The van der Waals surface area contributed by atoms with Crippen LogP contribution in [-0.4, -0.2) is 74.4 Å². The Morgan fingerprint density at radius 1 is 1.21 bits per heavy atom. The third kappa shape index (κ3) is 4.33. The van der Waals surface area contributed by atoms with E-state index in [1.54, 1.807) is 19.0 Å². The Morgan fingerprint density at radius 2 is 2.00 bits per heavy atom. The first-order chi connectivity index (χ1) is 11.6. The van der Waals surface area contributed by atoms with Gasteiger partial charge in [0.2, 0.25) is 5.95 Å². The third-order valence-electron chi connectivity index (χ3n) is 4.68. The molecule has 2 aliphatic rings. The average molecular weight is 337 g/mol. The second-order valence-corrected chi connectivity index (χ2v) is 6.89. The van der Waals surface area contributed by atoms with E-state index in [0.29, 0.717) is 11.8 Å². The van der Waals surface area contributed by atoms with E-state index in [0.717, 1.165) is 45.8 Å². The van der Waals surface area contributed by atoms with Crippen LogP contribution in [0.4, 0.5) is 16.2 Å². The lowest BCUT2D eigenvalue weighted by molar-refractivity contribution is 0.0349. The maximum atomic E-state index is 13.8. The van der Waals surface area contributed by atoms with Crippen LogP contribution in [0, 0.1) is 5.82 Å². The number of rotatable bonds is 4. The minimum absolute atomic E-state index is 0.155. The second-order valence-electron chi connectivity index (χ2n) is 6.89. The molecule has 134 valence electrons. The highest BCUT2D eigenvalue weighted by Crippen LogP contribution is 2.20. The molecule has 0 amide bonds. The van der Waals surface area contributed by atoms with E-state index >= 15 is 0 Å². The highest BCUT2D eigenvalue weighted by atomic mass is 19.1. The first-order valence-electron chi connectivity index (χ1n) is 8.92. The van der Waals surface area contributed by atoms with E-state index < -0.39 is 0 Å². The van der Waals surface area contributed by atoms with Gasteiger partial charge in [-0.2, -0.15) is 4.98 Å². The molecule has 0 aliphatic carbocycles. The van der Waals surface area contributed by atoms with Crippen molar-refractivity contribution in [1.82, 2.24) is 14.9 Å². The smallest absolute Gasteiger partial charge is 0.227 e. The summed E-state index contributed by atoms with van der Waals surface area (Å²) in [4.78, 5) is 14.9. The van der Waals surface area contributed by atoms with Crippen LogP contribution >= 0.6 is 0 Å². The van der Waals surface area contributed by atoms with Crippen molar-refractivity contribution in [1.29, 1.82) is 0 Å². The molecule has 7 heteroatoms. The van der Waals surface area contributed by atoms with Crippen LogP contribution in [0.25, 0.3) is 0 Å². The van der Waals surface area contributed by atoms with Crippen molar-refractivity contribution in [2.45, 2.75) is 31.8 Å². The summed E-state index contributed by atoms with van der Waals surface area (Å²) < 4.78 is 19.9. The number of nitrogens with zero attached hydrogens (tertiary/aromatic N) is 5. The largest absolute Gasteiger partial charge is 0.375 e. The number of hydrogen-bond acceptors (Lipinski definition) is 6. The van der Waals surface area contributed by atoms with Crippen molar-refractivity contribution in [3.8, 4) is 0 Å². The van der Waals surface area contributed by atoms with Crippen molar-refractivity contribution in [2.75, 3.05) is 63.2 Å². The summed E-state index contributed by atoms with van der Waals surface area (Å²) in [5.74, 6) is 0.534. The molecule has 1 aromatic rings. The van der Waals surface area contributed by atoms with Gasteiger partial charge in [-0.05, 0) is 32.4 Å². The molecule has 0 saturated carbocycles. The van der Waals surface area contributed by atoms with Crippen molar-refractivity contribution in [3.63, 3.8) is 0 Å². The summed E-state index contributed by atoms with van der Waals surface area (Å²) in [6.45, 7) is 5.65. The fourth-order valence-electron chi connectivity index (χ4n) is 3.43. The van der Waals surface area contributed by atoms with Crippen LogP contribution in [0.1, 0.15) is 25.7 Å². The molecule has 1 aromatic heterocycles. The molecular formula is C17H28FN5O. The number of piperidine rings is 1. The minimum Gasteiger partial charge on any atom is -0.375 e. The first-order valence-corrected chi connectivity index (χ1v) is 8.92. The van der Waals surface area contributed by atoms with E-state index in [9.17, 15) is 4.39 Å². The standard InChI is InChI=1S/C17H28FN5O/c1-21(2)16-15(18)11-19-17(20-16)23-9-6-10-24-14(13-23)12-22-7-4-3-5-8-22/h11,14H,3-10,12-13H2,1-2H3. The zero-order valence-corrected chi connectivity index (χ0v) is 14.7. The Hall–Kier alpha value is -1.47. The van der Waals surface area contributed by atoms with Gasteiger partial charge in [0.05, 0.1) is 12.3 Å². The van der Waals surface area contributed by atoms with Gasteiger partial charge in [-0.1, -0.05) is 6.42 Å². The molecule has 0 N–H and O–H groups in total. The molecular weight excluding hydrogens is 309 g/mol. The monoisotopic (exact) mass is 337 g/mol. The number of anilines is 2. The van der Waals surface area contributed by atoms with E-state index in [2.05, 4.69) is 19.8 Å². The molecule has 0 bridgehead atoms. The summed E-state index contributed by atoms with van der Waals surface area (Å²) in [6, 6.07) is 0. The number of likely N-dealkylation sites (tertiary alicyclic amines) is 1. The van der Waals surface area contributed by atoms with E-state index in [4.69, 9.17) is 4.74 Å². The molecule has 2 fully saturated rings. The third-order valence-corrected chi connectivity index (χ3v) is 4.68. The van der Waals surface area contributed by atoms with Gasteiger partial charge < -0.3 is 19.4 Å². The van der Waals surface area contributed by atoms with Gasteiger partial charge >= 0.3 is 0 Å². The number of hydrogen-bond donors (Lipinski definition) is 0. The predicted molar refractivity (Wildman–Crippen MR) is 93.2 cm³/mol. The molecule has 3 rings (SSSR count). The summed E-state index contributed by atoms with van der Waals surface area (Å²) in [5, 5.41) is 0. The minimum atomic E-state index is -0.389. The van der Waals surface area contributed by atoms with E-state index in [1.165, 1.54) is 25.5 Å². The molecule has 24 heavy (non-hydrogen) atoms. The van der Waals surface area contributed by atoms with Gasteiger partial charge in [-0.25, -0.2) is 9.37 Å². The lowest BCUT2D eigenvalue weighted by Gasteiger charge is -2.31. The summed E-state index contributed by atoms with van der Waals surface area (Å²) in [5.41, 5.74) is 0. The summed E-state index contributed by atoms with van der Waals surface area (Å²) in [7, 11) is 3.58. The normalized spacial score (nSPS) is 23.1. The number of halogens is 1. The van der Waals surface area contributed by atoms with Crippen molar-refractivity contribution in [2.24, 2.45) is 0 Å². The molecule has 0 spiro atoms. The Morgan fingerprint density at radius 3 is 2.75 bits per heavy atom. The van der Waals surface area contributed by atoms with Crippen molar-refractivity contribution >= 4 is 11.8 Å². The Bertz CT molecular complexity index is 536. The van der Waals surface area contributed by atoms with Gasteiger partial charge in [0.25, 0.3) is 0 Å². The highest BCUT2D eigenvalue weighted by Gasteiger charge is 2.24. The van der Waals surface area contributed by atoms with Gasteiger partial charge in [0, 0.05) is 40.3 Å². The lowest BCUT2D eigenvalue weighted by atomic mass is 10.1. The molecule has 1 unspecified atom stereocenters. The molecule has 2 aliphatic heterocycles. The molecule has 2 saturated heterocycles. The fraction of sp³-hybridized carbons (Fsp3) is 0.765. The van der Waals surface area contributed by atoms with Gasteiger partial charge in [0.1, 0.15) is 0 Å². The molecule has 0 aromatic carbocycles. The topological polar surface area (TPSA) is 44.7 Å². The highest BCUT2D eigenvalue weighted by molar-refractivity contribution is 5.43. The number of aromatic nitrogens is 2. The summed E-state index contributed by atoms with van der Waals surface area (Å²) >= 11 is 0.